The summed E-state index contributed by atoms with van der Waals surface area (Å²) in [6.07, 6.45) is 0. The van der Waals surface area contributed by atoms with Crippen LogP contribution in [-0.4, -0.2) is 0 Å². The van der Waals surface area contributed by atoms with Gasteiger partial charge in [-0.25, -0.2) is 0 Å². The van der Waals surface area contributed by atoms with Crippen molar-refractivity contribution in [2.45, 2.75) is 38.5 Å². The van der Waals surface area contributed by atoms with Crippen molar-refractivity contribution in [3.8, 4) is 55.6 Å². The molecule has 0 heterocycles. The van der Waals surface area contributed by atoms with Gasteiger partial charge in [-0.1, -0.05) is 198 Å². The molecule has 10 aromatic rings. The van der Waals surface area contributed by atoms with Gasteiger partial charge in [0.05, 0.1) is 0 Å². The molecule has 0 aromatic heterocycles. The molecule has 0 amide bonds. The summed E-state index contributed by atoms with van der Waals surface area (Å²) in [7, 11) is 0. The van der Waals surface area contributed by atoms with E-state index in [0.717, 1.165) is 0 Å². The lowest BCUT2D eigenvalue weighted by atomic mass is 9.77. The molecule has 2 aliphatic carbocycles. The number of hydrogen-bond acceptors (Lipinski definition) is 0. The number of benzene rings is 10. The van der Waals surface area contributed by atoms with E-state index >= 15 is 0 Å². The van der Waals surface area contributed by atoms with Crippen LogP contribution >= 0.6 is 0 Å². The summed E-state index contributed by atoms with van der Waals surface area (Å²) in [6.45, 7) is 9.66. The molecule has 274 valence electrons. The lowest BCUT2D eigenvalue weighted by Gasteiger charge is -2.26. The topological polar surface area (TPSA) is 0 Å². The second-order valence-electron chi connectivity index (χ2n) is 17.6. The third-order valence-corrected chi connectivity index (χ3v) is 13.8. The molecule has 0 fully saturated rings. The lowest BCUT2D eigenvalue weighted by molar-refractivity contribution is 0.659. The van der Waals surface area contributed by atoms with Crippen molar-refractivity contribution in [3.05, 3.63) is 204 Å². The van der Waals surface area contributed by atoms with E-state index in [4.69, 9.17) is 0 Å². The molecule has 0 heteroatoms. The van der Waals surface area contributed by atoms with Crippen molar-refractivity contribution in [3.63, 3.8) is 0 Å². The molecular weight excluding hydrogens is 697 g/mol. The maximum atomic E-state index is 2.51. The van der Waals surface area contributed by atoms with E-state index in [1.165, 1.54) is 121 Å². The fourth-order valence-corrected chi connectivity index (χ4v) is 11.1. The van der Waals surface area contributed by atoms with E-state index in [-0.39, 0.29) is 10.8 Å². The molecule has 12 rings (SSSR count). The van der Waals surface area contributed by atoms with Gasteiger partial charge in [0, 0.05) is 10.8 Å². The van der Waals surface area contributed by atoms with Crippen molar-refractivity contribution in [2.75, 3.05) is 0 Å². The summed E-state index contributed by atoms with van der Waals surface area (Å²) < 4.78 is 0. The van der Waals surface area contributed by atoms with Gasteiger partial charge in [-0.2, -0.15) is 0 Å². The van der Waals surface area contributed by atoms with E-state index in [1.54, 1.807) is 0 Å². The SMILES string of the molecule is CC1(C)c2cc(-c3cccc4c3C(C)(C)c3ccc5ccccc5c3-4)ccc2-c2ccc(-c3c4ccccc4c(-c4cccc5ccccc45)c4ccccc34)cc21. The third-order valence-electron chi connectivity index (χ3n) is 13.8. The Balaban J connectivity index is 1.02. The number of hydrogen-bond donors (Lipinski definition) is 0. The molecule has 0 atom stereocenters. The maximum Gasteiger partial charge on any atom is 0.0165 e. The molecule has 58 heavy (non-hydrogen) atoms. The van der Waals surface area contributed by atoms with Crippen LogP contribution in [-0.2, 0) is 10.8 Å². The van der Waals surface area contributed by atoms with Gasteiger partial charge in [0.15, 0.2) is 0 Å². The highest BCUT2D eigenvalue weighted by molar-refractivity contribution is 6.23. The van der Waals surface area contributed by atoms with Crippen LogP contribution in [0.1, 0.15) is 49.9 Å². The summed E-state index contributed by atoms with van der Waals surface area (Å²) in [5.41, 5.74) is 18.6. The Hall–Kier alpha value is -6.76. The van der Waals surface area contributed by atoms with Gasteiger partial charge >= 0.3 is 0 Å². The van der Waals surface area contributed by atoms with Gasteiger partial charge in [0.1, 0.15) is 0 Å². The van der Waals surface area contributed by atoms with Crippen LogP contribution in [0, 0.1) is 0 Å². The Labute approximate surface area is 340 Å². The molecule has 2 aliphatic rings. The first-order valence-electron chi connectivity index (χ1n) is 20.7. The van der Waals surface area contributed by atoms with Crippen LogP contribution in [0.2, 0.25) is 0 Å². The second-order valence-corrected chi connectivity index (χ2v) is 17.6. The van der Waals surface area contributed by atoms with Crippen molar-refractivity contribution in [1.29, 1.82) is 0 Å². The Kier molecular flexibility index (Phi) is 6.84. The Morgan fingerprint density at radius 2 is 0.759 bits per heavy atom. The molecule has 0 spiro atoms. The van der Waals surface area contributed by atoms with Crippen LogP contribution in [0.3, 0.4) is 0 Å². The van der Waals surface area contributed by atoms with Crippen LogP contribution in [0.15, 0.2) is 182 Å². The van der Waals surface area contributed by atoms with Gasteiger partial charge in [0.25, 0.3) is 0 Å². The zero-order valence-electron chi connectivity index (χ0n) is 33.3. The van der Waals surface area contributed by atoms with Gasteiger partial charge < -0.3 is 0 Å². The monoisotopic (exact) mass is 738 g/mol. The molecule has 10 aromatic carbocycles. The van der Waals surface area contributed by atoms with Crippen molar-refractivity contribution < 1.29 is 0 Å². The predicted octanol–water partition coefficient (Wildman–Crippen LogP) is 15.9. The highest BCUT2D eigenvalue weighted by Gasteiger charge is 2.40. The molecule has 0 saturated heterocycles. The number of rotatable bonds is 3. The summed E-state index contributed by atoms with van der Waals surface area (Å²) in [5.74, 6) is 0. The average Bonchev–Trinajstić information content (AvgIpc) is 3.64. The van der Waals surface area contributed by atoms with E-state index in [1.807, 2.05) is 0 Å². The van der Waals surface area contributed by atoms with E-state index in [0.29, 0.717) is 0 Å². The third kappa shape index (κ3) is 4.46. The molecule has 0 aliphatic heterocycles. The van der Waals surface area contributed by atoms with Crippen molar-refractivity contribution in [2.24, 2.45) is 0 Å². The van der Waals surface area contributed by atoms with Crippen LogP contribution in [0.25, 0.3) is 98.7 Å². The van der Waals surface area contributed by atoms with E-state index < -0.39 is 0 Å². The van der Waals surface area contributed by atoms with Crippen LogP contribution < -0.4 is 0 Å². The number of fused-ring (bicyclic) bond motifs is 11. The zero-order chi connectivity index (χ0) is 38.9. The smallest absolute Gasteiger partial charge is 0.0165 e. The second kappa shape index (κ2) is 11.9. The molecule has 0 saturated carbocycles. The molecular formula is C58H42. The summed E-state index contributed by atoms with van der Waals surface area (Å²) in [5, 5.41) is 10.3. The summed E-state index contributed by atoms with van der Waals surface area (Å²) >= 11 is 0. The fourth-order valence-electron chi connectivity index (χ4n) is 11.1. The molecule has 0 radical (unpaired) electrons. The summed E-state index contributed by atoms with van der Waals surface area (Å²) in [6, 6.07) is 68.6. The van der Waals surface area contributed by atoms with Crippen molar-refractivity contribution >= 4 is 43.1 Å². The van der Waals surface area contributed by atoms with Gasteiger partial charge in [-0.3, -0.25) is 0 Å². The zero-order valence-corrected chi connectivity index (χ0v) is 33.3. The Morgan fingerprint density at radius 1 is 0.276 bits per heavy atom. The normalized spacial score (nSPS) is 14.5. The highest BCUT2D eigenvalue weighted by atomic mass is 14.4. The quantitative estimate of drug-likeness (QED) is 0.158. The maximum absolute atomic E-state index is 2.51. The van der Waals surface area contributed by atoms with Crippen LogP contribution in [0.5, 0.6) is 0 Å². The minimum absolute atomic E-state index is 0.119. The molecule has 0 unspecified atom stereocenters. The van der Waals surface area contributed by atoms with Gasteiger partial charge in [-0.05, 0) is 133 Å². The molecule has 0 N–H and O–H groups in total. The van der Waals surface area contributed by atoms with E-state index in [9.17, 15) is 0 Å². The molecule has 0 bridgehead atoms. The Bertz CT molecular complexity index is 3330. The van der Waals surface area contributed by atoms with Gasteiger partial charge in [-0.15, -0.1) is 0 Å². The Morgan fingerprint density at radius 3 is 1.43 bits per heavy atom. The first-order valence-corrected chi connectivity index (χ1v) is 20.7. The molecule has 0 nitrogen and oxygen atoms in total. The van der Waals surface area contributed by atoms with Crippen molar-refractivity contribution in [1.82, 2.24) is 0 Å². The predicted molar refractivity (Wildman–Crippen MR) is 248 cm³/mol. The standard InChI is InChI=1S/C58H42/c1-57(2)51-33-37(41-24-14-26-49-55-40-19-8-6-16-36(40)29-32-50(55)58(3,4)56(41)49)27-30-42(51)43-31-28-38(34-52(43)57)53-45-20-9-11-22-47(45)54(48-23-12-10-21-46(48)53)44-25-13-17-35-15-5-7-18-39(35)44/h5-34H,1-4H3. The minimum Gasteiger partial charge on any atom is -0.0616 e. The van der Waals surface area contributed by atoms with Crippen LogP contribution in [0.4, 0.5) is 0 Å². The minimum atomic E-state index is -0.183. The highest BCUT2D eigenvalue weighted by Crippen LogP contribution is 2.56. The average molecular weight is 739 g/mol. The first-order chi connectivity index (χ1) is 28.3. The lowest BCUT2D eigenvalue weighted by Crippen LogP contribution is -2.17. The summed E-state index contributed by atoms with van der Waals surface area (Å²) in [4.78, 5) is 0. The van der Waals surface area contributed by atoms with E-state index in [2.05, 4.69) is 210 Å². The largest absolute Gasteiger partial charge is 0.0616 e. The fraction of sp³-hybridized carbons (Fsp3) is 0.103. The van der Waals surface area contributed by atoms with Gasteiger partial charge in [0.2, 0.25) is 0 Å². The first kappa shape index (κ1) is 33.4.